The van der Waals surface area contributed by atoms with Crippen molar-refractivity contribution in [3.63, 3.8) is 0 Å². The van der Waals surface area contributed by atoms with Gasteiger partial charge in [0.05, 0.1) is 6.54 Å². The quantitative estimate of drug-likeness (QED) is 0.646. The van der Waals surface area contributed by atoms with E-state index in [1.807, 2.05) is 24.3 Å². The summed E-state index contributed by atoms with van der Waals surface area (Å²) in [6.45, 7) is 3.38. The highest BCUT2D eigenvalue weighted by Crippen LogP contribution is 2.16. The van der Waals surface area contributed by atoms with Crippen LogP contribution >= 0.6 is 15.9 Å². The molecule has 0 atom stereocenters. The third-order valence-corrected chi connectivity index (χ3v) is 3.63. The number of benzene rings is 1. The summed E-state index contributed by atoms with van der Waals surface area (Å²) in [5, 5.41) is 3.11. The first-order chi connectivity index (χ1) is 10.1. The van der Waals surface area contributed by atoms with Gasteiger partial charge in [-0.2, -0.15) is 0 Å². The Bertz CT molecular complexity index is 611. The zero-order chi connectivity index (χ0) is 15.1. The van der Waals surface area contributed by atoms with Gasteiger partial charge in [-0.25, -0.2) is 4.99 Å². The van der Waals surface area contributed by atoms with Crippen LogP contribution in [0.15, 0.2) is 52.1 Å². The Labute approximate surface area is 133 Å². The van der Waals surface area contributed by atoms with Gasteiger partial charge in [0.15, 0.2) is 5.96 Å². The molecule has 0 fully saturated rings. The number of nitrogens with two attached hydrogens (primary N) is 1. The molecule has 0 spiro atoms. The smallest absolute Gasteiger partial charge is 0.188 e. The number of guanidine groups is 1. The van der Waals surface area contributed by atoms with Crippen molar-refractivity contribution in [1.29, 1.82) is 0 Å². The van der Waals surface area contributed by atoms with Crippen molar-refractivity contribution in [3.8, 4) is 0 Å². The van der Waals surface area contributed by atoms with E-state index in [0.717, 1.165) is 23.1 Å². The topological polar surface area (TPSA) is 63.3 Å². The number of hydrogen-bond acceptors (Lipinski definition) is 2. The summed E-state index contributed by atoms with van der Waals surface area (Å²) in [7, 11) is 0. The molecule has 0 saturated heterocycles. The third kappa shape index (κ3) is 5.19. The number of hydrogen-bond donors (Lipinski definition) is 2. The van der Waals surface area contributed by atoms with Gasteiger partial charge in [-0.15, -0.1) is 0 Å². The van der Waals surface area contributed by atoms with Crippen molar-refractivity contribution < 1.29 is 0 Å². The molecule has 2 aromatic rings. The van der Waals surface area contributed by atoms with Crippen LogP contribution in [0.4, 0.5) is 0 Å². The number of rotatable bonds is 5. The first kappa shape index (κ1) is 15.5. The molecule has 0 bridgehead atoms. The predicted octanol–water partition coefficient (Wildman–Crippen LogP) is 2.80. The van der Waals surface area contributed by atoms with E-state index in [1.165, 1.54) is 11.1 Å². The van der Waals surface area contributed by atoms with Crippen LogP contribution in [-0.2, 0) is 13.0 Å². The molecular formula is C16H19BrN4. The minimum absolute atomic E-state index is 0.466. The summed E-state index contributed by atoms with van der Waals surface area (Å²) < 4.78 is 1.08. The zero-order valence-electron chi connectivity index (χ0n) is 12.0. The number of nitrogens with zero attached hydrogens (tertiary/aromatic N) is 2. The van der Waals surface area contributed by atoms with Crippen molar-refractivity contribution in [3.05, 3.63) is 63.9 Å². The summed E-state index contributed by atoms with van der Waals surface area (Å²) in [4.78, 5) is 8.63. The van der Waals surface area contributed by atoms with Crippen molar-refractivity contribution in [2.45, 2.75) is 19.9 Å². The SMILES string of the molecule is Cc1cc(Br)ccc1CN=C(N)NCCc1ccccn1. The maximum atomic E-state index is 5.87. The zero-order valence-corrected chi connectivity index (χ0v) is 13.6. The average molecular weight is 347 g/mol. The van der Waals surface area contributed by atoms with E-state index in [2.05, 4.69) is 50.3 Å². The number of halogens is 1. The van der Waals surface area contributed by atoms with Gasteiger partial charge in [-0.3, -0.25) is 4.98 Å². The van der Waals surface area contributed by atoms with Gasteiger partial charge in [0.2, 0.25) is 0 Å². The molecule has 0 amide bonds. The molecule has 5 heteroatoms. The largest absolute Gasteiger partial charge is 0.370 e. The second-order valence-electron chi connectivity index (χ2n) is 4.77. The minimum Gasteiger partial charge on any atom is -0.370 e. The lowest BCUT2D eigenvalue weighted by atomic mass is 10.1. The first-order valence-electron chi connectivity index (χ1n) is 6.84. The minimum atomic E-state index is 0.466. The molecule has 2 rings (SSSR count). The molecule has 3 N–H and O–H groups in total. The summed E-state index contributed by atoms with van der Waals surface area (Å²) in [6, 6.07) is 12.0. The molecule has 0 radical (unpaired) electrons. The number of nitrogens with one attached hydrogen (secondary N) is 1. The number of aromatic nitrogens is 1. The van der Waals surface area contributed by atoms with Gasteiger partial charge in [-0.05, 0) is 42.3 Å². The molecule has 0 aliphatic rings. The fourth-order valence-electron chi connectivity index (χ4n) is 1.93. The summed E-state index contributed by atoms with van der Waals surface area (Å²) in [5.74, 6) is 0.466. The second kappa shape index (κ2) is 7.78. The fourth-order valence-corrected chi connectivity index (χ4v) is 2.40. The van der Waals surface area contributed by atoms with Crippen molar-refractivity contribution in [2.24, 2.45) is 10.7 Å². The van der Waals surface area contributed by atoms with Crippen molar-refractivity contribution in [2.75, 3.05) is 6.54 Å². The highest BCUT2D eigenvalue weighted by molar-refractivity contribution is 9.10. The van der Waals surface area contributed by atoms with Crippen molar-refractivity contribution in [1.82, 2.24) is 10.3 Å². The number of pyridine rings is 1. The second-order valence-corrected chi connectivity index (χ2v) is 5.69. The van der Waals surface area contributed by atoms with Gasteiger partial charge in [0.1, 0.15) is 0 Å². The van der Waals surface area contributed by atoms with E-state index in [0.29, 0.717) is 12.5 Å². The summed E-state index contributed by atoms with van der Waals surface area (Å²) >= 11 is 3.45. The molecule has 0 aliphatic heterocycles. The Morgan fingerprint density at radius 1 is 1.33 bits per heavy atom. The third-order valence-electron chi connectivity index (χ3n) is 3.14. The molecule has 0 unspecified atom stereocenters. The van der Waals surface area contributed by atoms with E-state index in [1.54, 1.807) is 6.20 Å². The number of aliphatic imine (C=N–C) groups is 1. The lowest BCUT2D eigenvalue weighted by Gasteiger charge is -2.07. The van der Waals surface area contributed by atoms with Crippen molar-refractivity contribution >= 4 is 21.9 Å². The fraction of sp³-hybridized carbons (Fsp3) is 0.250. The molecule has 0 aliphatic carbocycles. The molecular weight excluding hydrogens is 328 g/mol. The Morgan fingerprint density at radius 3 is 2.90 bits per heavy atom. The van der Waals surface area contributed by atoms with Crippen LogP contribution in [0.2, 0.25) is 0 Å². The normalized spacial score (nSPS) is 11.4. The van der Waals surface area contributed by atoms with Gasteiger partial charge in [-0.1, -0.05) is 28.1 Å². The standard InChI is InChI=1S/C16H19BrN4/c1-12-10-14(17)6-5-13(12)11-21-16(18)20-9-7-15-4-2-3-8-19-15/h2-6,8,10H,7,9,11H2,1H3,(H3,18,20,21). The molecule has 21 heavy (non-hydrogen) atoms. The maximum absolute atomic E-state index is 5.87. The summed E-state index contributed by atoms with van der Waals surface area (Å²) in [6.07, 6.45) is 2.62. The van der Waals surface area contributed by atoms with E-state index in [4.69, 9.17) is 5.73 Å². The lowest BCUT2D eigenvalue weighted by Crippen LogP contribution is -2.33. The molecule has 1 aromatic carbocycles. The van der Waals surface area contributed by atoms with Gasteiger partial charge < -0.3 is 11.1 Å². The first-order valence-corrected chi connectivity index (χ1v) is 7.63. The lowest BCUT2D eigenvalue weighted by molar-refractivity contribution is 0.827. The molecule has 0 saturated carbocycles. The summed E-state index contributed by atoms with van der Waals surface area (Å²) in [5.41, 5.74) is 9.29. The van der Waals surface area contributed by atoms with Crippen LogP contribution < -0.4 is 11.1 Å². The van der Waals surface area contributed by atoms with E-state index in [-0.39, 0.29) is 0 Å². The van der Waals surface area contributed by atoms with Gasteiger partial charge in [0.25, 0.3) is 0 Å². The van der Waals surface area contributed by atoms with Crippen LogP contribution in [0.25, 0.3) is 0 Å². The molecule has 1 heterocycles. The van der Waals surface area contributed by atoms with Crippen LogP contribution in [0.1, 0.15) is 16.8 Å². The van der Waals surface area contributed by atoms with Gasteiger partial charge in [0, 0.05) is 29.3 Å². The Balaban J connectivity index is 1.81. The van der Waals surface area contributed by atoms with E-state index < -0.39 is 0 Å². The Hall–Kier alpha value is -1.88. The van der Waals surface area contributed by atoms with Crippen LogP contribution in [0.5, 0.6) is 0 Å². The molecule has 4 nitrogen and oxygen atoms in total. The number of aryl methyl sites for hydroxylation is 1. The Morgan fingerprint density at radius 2 is 2.19 bits per heavy atom. The Kier molecular flexibility index (Phi) is 5.75. The van der Waals surface area contributed by atoms with Crippen LogP contribution in [0.3, 0.4) is 0 Å². The predicted molar refractivity (Wildman–Crippen MR) is 90.1 cm³/mol. The van der Waals surface area contributed by atoms with Gasteiger partial charge >= 0.3 is 0 Å². The van der Waals surface area contributed by atoms with E-state index in [9.17, 15) is 0 Å². The average Bonchev–Trinajstić information content (AvgIpc) is 2.47. The highest BCUT2D eigenvalue weighted by Gasteiger charge is 1.99. The van der Waals surface area contributed by atoms with Crippen LogP contribution in [-0.4, -0.2) is 17.5 Å². The molecule has 1 aromatic heterocycles. The monoisotopic (exact) mass is 346 g/mol. The highest BCUT2D eigenvalue weighted by atomic mass is 79.9. The maximum Gasteiger partial charge on any atom is 0.188 e. The molecule has 110 valence electrons. The van der Waals surface area contributed by atoms with Crippen LogP contribution in [0, 0.1) is 6.92 Å². The van der Waals surface area contributed by atoms with E-state index >= 15 is 0 Å².